The number of nitrogens with one attached hydrogen (secondary N) is 1. The van der Waals surface area contributed by atoms with Gasteiger partial charge in [0.05, 0.1) is 23.5 Å². The first kappa shape index (κ1) is 14.2. The maximum absolute atomic E-state index is 12.5. The van der Waals surface area contributed by atoms with Gasteiger partial charge in [-0.3, -0.25) is 9.48 Å². The molecule has 2 aromatic heterocycles. The molecule has 0 unspecified atom stereocenters. The predicted molar refractivity (Wildman–Crippen MR) is 77.5 cm³/mol. The number of hydrogen-bond donors (Lipinski definition) is 1. The van der Waals surface area contributed by atoms with Gasteiger partial charge in [-0.2, -0.15) is 5.10 Å². The van der Waals surface area contributed by atoms with Gasteiger partial charge >= 0.3 is 0 Å². The number of aryl methyl sites for hydroxylation is 1. The number of halogens is 1. The third-order valence-electron chi connectivity index (χ3n) is 3.74. The number of carbonyl (C=O) groups is 1. The Morgan fingerprint density at radius 2 is 2.24 bits per heavy atom. The summed E-state index contributed by atoms with van der Waals surface area (Å²) in [6, 6.07) is 0.298. The van der Waals surface area contributed by atoms with Crippen LogP contribution in [0.5, 0.6) is 0 Å². The zero-order valence-electron chi connectivity index (χ0n) is 11.8. The average Bonchev–Trinajstić information content (AvgIpc) is 3.14. The van der Waals surface area contributed by atoms with Crippen LogP contribution in [0.25, 0.3) is 0 Å². The Labute approximate surface area is 127 Å². The van der Waals surface area contributed by atoms with Crippen molar-refractivity contribution in [2.45, 2.75) is 32.4 Å². The van der Waals surface area contributed by atoms with Gasteiger partial charge in [-0.05, 0) is 32.9 Å². The van der Waals surface area contributed by atoms with Gasteiger partial charge in [-0.1, -0.05) is 16.8 Å². The number of nitrogens with zero attached hydrogens (tertiary/aromatic N) is 5. The van der Waals surface area contributed by atoms with Gasteiger partial charge in [0.1, 0.15) is 5.69 Å². The van der Waals surface area contributed by atoms with Crippen LogP contribution in [0, 0.1) is 0 Å². The Balaban J connectivity index is 1.85. The van der Waals surface area contributed by atoms with Gasteiger partial charge in [0.25, 0.3) is 0 Å². The van der Waals surface area contributed by atoms with Gasteiger partial charge in [-0.15, -0.1) is 5.10 Å². The zero-order chi connectivity index (χ0) is 14.8. The van der Waals surface area contributed by atoms with E-state index < -0.39 is 0 Å². The van der Waals surface area contributed by atoms with Crippen LogP contribution in [0.3, 0.4) is 0 Å². The van der Waals surface area contributed by atoms with Crippen molar-refractivity contribution in [2.75, 3.05) is 13.1 Å². The van der Waals surface area contributed by atoms with Crippen molar-refractivity contribution in [1.82, 2.24) is 30.1 Å². The van der Waals surface area contributed by atoms with Gasteiger partial charge in [0.2, 0.25) is 5.78 Å². The fourth-order valence-corrected chi connectivity index (χ4v) is 2.81. The van der Waals surface area contributed by atoms with Crippen LogP contribution < -0.4 is 5.32 Å². The molecule has 1 fully saturated rings. The van der Waals surface area contributed by atoms with Crippen molar-refractivity contribution in [3.05, 3.63) is 28.8 Å². The summed E-state index contributed by atoms with van der Waals surface area (Å²) >= 11 is 6.06. The normalized spacial score (nSPS) is 16.3. The molecule has 0 radical (unpaired) electrons. The number of rotatable bonds is 4. The highest BCUT2D eigenvalue weighted by molar-refractivity contribution is 6.34. The first-order chi connectivity index (χ1) is 10.2. The molecule has 3 rings (SSSR count). The maximum Gasteiger partial charge on any atom is 0.234 e. The van der Waals surface area contributed by atoms with Crippen LogP contribution in [0.15, 0.2) is 12.4 Å². The molecular weight excluding hydrogens is 292 g/mol. The summed E-state index contributed by atoms with van der Waals surface area (Å²) in [5.41, 5.74) is 0.683. The van der Waals surface area contributed by atoms with Crippen molar-refractivity contribution >= 4 is 17.4 Å². The van der Waals surface area contributed by atoms with Crippen LogP contribution >= 0.6 is 11.6 Å². The molecule has 2 aromatic rings. The number of carbonyl (C=O) groups excluding carboxylic acids is 1. The molecular formula is C13H17ClN6O. The van der Waals surface area contributed by atoms with E-state index in [9.17, 15) is 4.79 Å². The second kappa shape index (κ2) is 5.95. The Morgan fingerprint density at radius 3 is 2.95 bits per heavy atom. The van der Waals surface area contributed by atoms with Gasteiger partial charge < -0.3 is 5.32 Å². The third-order valence-corrected chi connectivity index (χ3v) is 4.01. The fraction of sp³-hybridized carbons (Fsp3) is 0.538. The maximum atomic E-state index is 12.5. The molecule has 1 saturated heterocycles. The molecule has 0 aliphatic carbocycles. The van der Waals surface area contributed by atoms with Gasteiger partial charge in [0.15, 0.2) is 5.69 Å². The van der Waals surface area contributed by atoms with Crippen LogP contribution in [0.4, 0.5) is 0 Å². The van der Waals surface area contributed by atoms with E-state index >= 15 is 0 Å². The standard InChI is InChI=1S/C13H17ClN6O/c1-2-19-12(10(14)7-16-19)13(21)11-8-20(18-17-11)9-3-5-15-6-4-9/h7-9,15H,2-6H2,1H3. The van der Waals surface area contributed by atoms with E-state index in [1.54, 1.807) is 15.6 Å². The topological polar surface area (TPSA) is 77.6 Å². The molecule has 21 heavy (non-hydrogen) atoms. The Kier molecular flexibility index (Phi) is 4.03. The lowest BCUT2D eigenvalue weighted by molar-refractivity contribution is 0.102. The molecule has 0 saturated carbocycles. The van der Waals surface area contributed by atoms with Crippen molar-refractivity contribution in [3.8, 4) is 0 Å². The van der Waals surface area contributed by atoms with E-state index in [2.05, 4.69) is 20.7 Å². The molecule has 7 nitrogen and oxygen atoms in total. The van der Waals surface area contributed by atoms with Crippen molar-refractivity contribution < 1.29 is 4.79 Å². The Hall–Kier alpha value is -1.73. The first-order valence-corrected chi connectivity index (χ1v) is 7.47. The third kappa shape index (κ3) is 2.71. The molecule has 8 heteroatoms. The quantitative estimate of drug-likeness (QED) is 0.862. The minimum atomic E-state index is -0.237. The van der Waals surface area contributed by atoms with Crippen LogP contribution in [-0.2, 0) is 6.54 Å². The van der Waals surface area contributed by atoms with E-state index in [4.69, 9.17) is 11.6 Å². The van der Waals surface area contributed by atoms with Crippen LogP contribution in [-0.4, -0.2) is 43.6 Å². The fourth-order valence-electron chi connectivity index (χ4n) is 2.58. The lowest BCUT2D eigenvalue weighted by Gasteiger charge is -2.22. The second-order valence-corrected chi connectivity index (χ2v) is 5.46. The number of ketones is 1. The molecule has 0 aromatic carbocycles. The molecule has 1 aliphatic heterocycles. The Morgan fingerprint density at radius 1 is 1.48 bits per heavy atom. The van der Waals surface area contributed by atoms with E-state index in [1.165, 1.54) is 6.20 Å². The number of aromatic nitrogens is 5. The predicted octanol–water partition coefficient (Wildman–Crippen LogP) is 1.30. The summed E-state index contributed by atoms with van der Waals surface area (Å²) < 4.78 is 3.36. The zero-order valence-corrected chi connectivity index (χ0v) is 12.5. The molecule has 3 heterocycles. The number of hydrogen-bond acceptors (Lipinski definition) is 5. The summed E-state index contributed by atoms with van der Waals surface area (Å²) in [6.07, 6.45) is 5.17. The molecule has 112 valence electrons. The molecule has 0 bridgehead atoms. The highest BCUT2D eigenvalue weighted by atomic mass is 35.5. The SMILES string of the molecule is CCn1ncc(Cl)c1C(=O)c1cn(C2CCNCC2)nn1. The average molecular weight is 309 g/mol. The Bertz CT molecular complexity index is 643. The molecule has 1 aliphatic rings. The number of piperidine rings is 1. The lowest BCUT2D eigenvalue weighted by Crippen LogP contribution is -2.29. The van der Waals surface area contributed by atoms with E-state index in [0.717, 1.165) is 25.9 Å². The summed E-state index contributed by atoms with van der Waals surface area (Å²) in [7, 11) is 0. The highest BCUT2D eigenvalue weighted by Crippen LogP contribution is 2.21. The second-order valence-electron chi connectivity index (χ2n) is 5.05. The summed E-state index contributed by atoms with van der Waals surface area (Å²) in [4.78, 5) is 12.5. The van der Waals surface area contributed by atoms with E-state index in [0.29, 0.717) is 29.0 Å². The molecule has 0 amide bonds. The largest absolute Gasteiger partial charge is 0.317 e. The van der Waals surface area contributed by atoms with Crippen LogP contribution in [0.2, 0.25) is 5.02 Å². The lowest BCUT2D eigenvalue weighted by atomic mass is 10.1. The molecule has 0 spiro atoms. The molecule has 1 N–H and O–H groups in total. The first-order valence-electron chi connectivity index (χ1n) is 7.09. The van der Waals surface area contributed by atoms with Gasteiger partial charge in [0, 0.05) is 6.54 Å². The van der Waals surface area contributed by atoms with E-state index in [-0.39, 0.29) is 5.78 Å². The minimum Gasteiger partial charge on any atom is -0.317 e. The monoisotopic (exact) mass is 308 g/mol. The smallest absolute Gasteiger partial charge is 0.234 e. The van der Waals surface area contributed by atoms with Crippen molar-refractivity contribution in [3.63, 3.8) is 0 Å². The summed E-state index contributed by atoms with van der Waals surface area (Å²) in [5, 5.41) is 15.8. The minimum absolute atomic E-state index is 0.237. The van der Waals surface area contributed by atoms with Gasteiger partial charge in [-0.25, -0.2) is 4.68 Å². The highest BCUT2D eigenvalue weighted by Gasteiger charge is 2.23. The van der Waals surface area contributed by atoms with Crippen molar-refractivity contribution in [1.29, 1.82) is 0 Å². The van der Waals surface area contributed by atoms with E-state index in [1.807, 2.05) is 6.92 Å². The van der Waals surface area contributed by atoms with Crippen molar-refractivity contribution in [2.24, 2.45) is 0 Å². The summed E-state index contributed by atoms with van der Waals surface area (Å²) in [5.74, 6) is -0.237. The summed E-state index contributed by atoms with van der Waals surface area (Å²) in [6.45, 7) is 4.41. The van der Waals surface area contributed by atoms with Crippen LogP contribution in [0.1, 0.15) is 42.0 Å². The molecule has 0 atom stereocenters.